The third-order valence-electron chi connectivity index (χ3n) is 3.52. The summed E-state index contributed by atoms with van der Waals surface area (Å²) in [5, 5.41) is 0. The molecule has 94 valence electrons. The van der Waals surface area contributed by atoms with Crippen molar-refractivity contribution in [3.8, 4) is 9.48 Å². The Bertz CT molecular complexity index is 252. The van der Waals surface area contributed by atoms with Gasteiger partial charge >= 0.3 is 109 Å². The molecule has 0 amide bonds. The van der Waals surface area contributed by atoms with Crippen molar-refractivity contribution in [2.75, 3.05) is 0 Å². The van der Waals surface area contributed by atoms with Crippen molar-refractivity contribution in [3.63, 3.8) is 0 Å². The summed E-state index contributed by atoms with van der Waals surface area (Å²) in [7, 11) is -1.45. The first-order chi connectivity index (χ1) is 7.04. The quantitative estimate of drug-likeness (QED) is 0.494. The first-order valence-corrected chi connectivity index (χ1v) is 18.8. The van der Waals surface area contributed by atoms with Gasteiger partial charge in [0.1, 0.15) is 0 Å². The molecule has 0 fully saturated rings. The minimum absolute atomic E-state index is 0.772. The van der Waals surface area contributed by atoms with E-state index in [2.05, 4.69) is 65.8 Å². The summed E-state index contributed by atoms with van der Waals surface area (Å²) in [5.41, 5.74) is 6.17. The number of rotatable bonds is 3. The molecule has 0 aliphatic heterocycles. The zero-order chi connectivity index (χ0) is 13.1. The van der Waals surface area contributed by atoms with Crippen molar-refractivity contribution in [1.29, 1.82) is 0 Å². The SMILES string of the molecule is CC(C)[Si](C#[C][Sn]([CH3])([CH3])[CH3])(C(C)C)C(C)C. The molecule has 0 saturated carbocycles. The third kappa shape index (κ3) is 4.11. The van der Waals surface area contributed by atoms with E-state index in [1.165, 1.54) is 0 Å². The molecule has 0 heterocycles. The Morgan fingerprint density at radius 2 is 1.06 bits per heavy atom. The van der Waals surface area contributed by atoms with Crippen LogP contribution in [0.15, 0.2) is 0 Å². The summed E-state index contributed by atoms with van der Waals surface area (Å²) in [4.78, 5) is 7.26. The van der Waals surface area contributed by atoms with Crippen molar-refractivity contribution in [3.05, 3.63) is 0 Å². The first kappa shape index (κ1) is 16.6. The van der Waals surface area contributed by atoms with Crippen molar-refractivity contribution in [2.45, 2.75) is 73.0 Å². The molecule has 0 unspecified atom stereocenters. The van der Waals surface area contributed by atoms with Gasteiger partial charge in [-0.15, -0.1) is 0 Å². The van der Waals surface area contributed by atoms with Crippen LogP contribution in [0.1, 0.15) is 41.5 Å². The van der Waals surface area contributed by atoms with Gasteiger partial charge in [0.25, 0.3) is 0 Å². The average Bonchev–Trinajstić information content (AvgIpc) is 2.00. The normalized spacial score (nSPS) is 13.2. The molecule has 0 bridgehead atoms. The van der Waals surface area contributed by atoms with E-state index in [9.17, 15) is 0 Å². The van der Waals surface area contributed by atoms with Gasteiger partial charge in [-0.25, -0.2) is 0 Å². The zero-order valence-corrected chi connectivity index (χ0v) is 16.6. The van der Waals surface area contributed by atoms with E-state index in [-0.39, 0.29) is 0 Å². The van der Waals surface area contributed by atoms with Gasteiger partial charge in [-0.2, -0.15) is 0 Å². The molecule has 0 N–H and O–H groups in total. The van der Waals surface area contributed by atoms with Gasteiger partial charge in [-0.3, -0.25) is 0 Å². The fraction of sp³-hybridized carbons (Fsp3) is 0.857. The van der Waals surface area contributed by atoms with Crippen molar-refractivity contribution >= 4 is 26.5 Å². The molecule has 0 aliphatic rings. The summed E-state index contributed by atoms with van der Waals surface area (Å²) >= 11 is -1.93. The molecule has 16 heavy (non-hydrogen) atoms. The molecule has 0 radical (unpaired) electrons. The summed E-state index contributed by atoms with van der Waals surface area (Å²) in [5.74, 6) is 0. The van der Waals surface area contributed by atoms with Crippen LogP contribution in [-0.4, -0.2) is 26.5 Å². The molecule has 0 saturated heterocycles. The third-order valence-corrected chi connectivity index (χ3v) is 13.0. The van der Waals surface area contributed by atoms with Crippen LogP contribution >= 0.6 is 0 Å². The van der Waals surface area contributed by atoms with E-state index in [0.717, 1.165) is 16.6 Å². The van der Waals surface area contributed by atoms with Crippen LogP contribution in [0.2, 0.25) is 31.4 Å². The topological polar surface area (TPSA) is 0 Å². The van der Waals surface area contributed by atoms with Crippen molar-refractivity contribution < 1.29 is 0 Å². The molecule has 0 nitrogen and oxygen atoms in total. The van der Waals surface area contributed by atoms with Gasteiger partial charge in [0.05, 0.1) is 0 Å². The van der Waals surface area contributed by atoms with Gasteiger partial charge in [0.2, 0.25) is 0 Å². The summed E-state index contributed by atoms with van der Waals surface area (Å²) in [6.07, 6.45) is 0. The number of hydrogen-bond donors (Lipinski definition) is 0. The average molecular weight is 345 g/mol. The van der Waals surface area contributed by atoms with E-state index in [0.29, 0.717) is 0 Å². The van der Waals surface area contributed by atoms with Crippen LogP contribution in [0.25, 0.3) is 0 Å². The van der Waals surface area contributed by atoms with Gasteiger partial charge in [-0.1, -0.05) is 0 Å². The Labute approximate surface area is 108 Å². The Morgan fingerprint density at radius 1 is 0.750 bits per heavy atom. The predicted molar refractivity (Wildman–Crippen MR) is 82.2 cm³/mol. The van der Waals surface area contributed by atoms with Gasteiger partial charge in [0, 0.05) is 0 Å². The minimum atomic E-state index is -1.93. The summed E-state index contributed by atoms with van der Waals surface area (Å²) in [6, 6.07) is 0. The van der Waals surface area contributed by atoms with Crippen LogP contribution in [-0.2, 0) is 0 Å². The Balaban J connectivity index is 5.45. The second-order valence-electron chi connectivity index (χ2n) is 6.90. The second kappa shape index (κ2) is 5.95. The monoisotopic (exact) mass is 346 g/mol. The molecule has 0 aromatic carbocycles. The van der Waals surface area contributed by atoms with Crippen LogP contribution in [0.5, 0.6) is 0 Å². The van der Waals surface area contributed by atoms with Crippen LogP contribution in [0, 0.1) is 9.48 Å². The fourth-order valence-corrected chi connectivity index (χ4v) is 13.3. The molecule has 0 spiro atoms. The molecule has 2 heteroatoms. The van der Waals surface area contributed by atoms with Gasteiger partial charge in [-0.05, 0) is 0 Å². The van der Waals surface area contributed by atoms with Gasteiger partial charge < -0.3 is 0 Å². The predicted octanol–water partition coefficient (Wildman–Crippen LogP) is 5.09. The molecule has 0 atom stereocenters. The zero-order valence-electron chi connectivity index (χ0n) is 12.7. The van der Waals surface area contributed by atoms with Crippen molar-refractivity contribution in [1.82, 2.24) is 0 Å². The molecule has 0 aliphatic carbocycles. The fourth-order valence-electron chi connectivity index (χ4n) is 2.73. The van der Waals surface area contributed by atoms with E-state index in [4.69, 9.17) is 0 Å². The molecular weight excluding hydrogens is 315 g/mol. The molecule has 0 aromatic rings. The summed E-state index contributed by atoms with van der Waals surface area (Å²) < 4.78 is 3.73. The maximum atomic E-state index is 3.85. The maximum absolute atomic E-state index is 3.85. The molecule has 0 rings (SSSR count). The Kier molecular flexibility index (Phi) is 6.17. The molecule has 0 aromatic heterocycles. The van der Waals surface area contributed by atoms with Crippen LogP contribution < -0.4 is 0 Å². The standard InChI is InChI=1S/C11H21Si.3CH3.Sn/c1-8-12(9(2)3,10(4)5)11(6)7;;;;/h9-11H,2-7H3;3*1H3;. The van der Waals surface area contributed by atoms with Crippen LogP contribution in [0.3, 0.4) is 0 Å². The van der Waals surface area contributed by atoms with E-state index >= 15 is 0 Å². The van der Waals surface area contributed by atoms with E-state index in [1.807, 2.05) is 0 Å². The van der Waals surface area contributed by atoms with E-state index in [1.54, 1.807) is 0 Å². The number of hydrogen-bond acceptors (Lipinski definition) is 0. The Morgan fingerprint density at radius 3 is 1.25 bits per heavy atom. The Hall–Kier alpha value is 0.576. The van der Waals surface area contributed by atoms with Gasteiger partial charge in [0.15, 0.2) is 0 Å². The molecular formula is C14H30SiSn. The van der Waals surface area contributed by atoms with Crippen molar-refractivity contribution in [2.24, 2.45) is 0 Å². The van der Waals surface area contributed by atoms with Crippen LogP contribution in [0.4, 0.5) is 0 Å². The first-order valence-electron chi connectivity index (χ1n) is 6.58. The second-order valence-corrected chi connectivity index (χ2v) is 26.0. The van der Waals surface area contributed by atoms with E-state index < -0.39 is 26.5 Å². The summed E-state index contributed by atoms with van der Waals surface area (Å²) in [6.45, 7) is 14.3.